The Balaban J connectivity index is 1.75. The number of anilines is 1. The van der Waals surface area contributed by atoms with Crippen LogP contribution in [0.15, 0.2) is 67.0 Å². The van der Waals surface area contributed by atoms with Gasteiger partial charge in [0.1, 0.15) is 0 Å². The largest absolute Gasteiger partial charge is 0.323 e. The van der Waals surface area contributed by atoms with E-state index in [1.54, 1.807) is 36.5 Å². The SMILES string of the molecule is CN(Cc1cccc2ccccc12)C(=O)Nc1ccncc1. The average molecular weight is 291 g/mol. The first-order chi connectivity index (χ1) is 10.7. The van der Waals surface area contributed by atoms with Crippen molar-refractivity contribution in [2.75, 3.05) is 12.4 Å². The highest BCUT2D eigenvalue weighted by Crippen LogP contribution is 2.19. The van der Waals surface area contributed by atoms with E-state index in [0.717, 1.165) is 11.3 Å². The van der Waals surface area contributed by atoms with Gasteiger partial charge in [-0.25, -0.2) is 4.79 Å². The first-order valence-corrected chi connectivity index (χ1v) is 7.13. The highest BCUT2D eigenvalue weighted by Gasteiger charge is 2.10. The second kappa shape index (κ2) is 6.26. The number of hydrogen-bond donors (Lipinski definition) is 1. The fraction of sp³-hybridized carbons (Fsp3) is 0.111. The number of nitrogens with one attached hydrogen (secondary N) is 1. The van der Waals surface area contributed by atoms with E-state index in [9.17, 15) is 4.79 Å². The molecule has 0 radical (unpaired) electrons. The van der Waals surface area contributed by atoms with Crippen LogP contribution in [0.2, 0.25) is 0 Å². The lowest BCUT2D eigenvalue weighted by Gasteiger charge is -2.19. The fourth-order valence-corrected chi connectivity index (χ4v) is 2.41. The summed E-state index contributed by atoms with van der Waals surface area (Å²) >= 11 is 0. The van der Waals surface area contributed by atoms with E-state index in [1.807, 2.05) is 18.2 Å². The van der Waals surface area contributed by atoms with Gasteiger partial charge in [0.2, 0.25) is 0 Å². The van der Waals surface area contributed by atoms with Gasteiger partial charge in [0, 0.05) is 31.7 Å². The molecule has 2 aromatic carbocycles. The summed E-state index contributed by atoms with van der Waals surface area (Å²) in [7, 11) is 1.79. The van der Waals surface area contributed by atoms with Crippen molar-refractivity contribution in [3.05, 3.63) is 72.6 Å². The molecule has 4 heteroatoms. The van der Waals surface area contributed by atoms with Crippen molar-refractivity contribution in [1.82, 2.24) is 9.88 Å². The first-order valence-electron chi connectivity index (χ1n) is 7.13. The van der Waals surface area contributed by atoms with Crippen LogP contribution < -0.4 is 5.32 Å². The molecule has 4 nitrogen and oxygen atoms in total. The van der Waals surface area contributed by atoms with Gasteiger partial charge in [-0.15, -0.1) is 0 Å². The number of urea groups is 1. The van der Waals surface area contributed by atoms with E-state index in [1.165, 1.54) is 10.8 Å². The first kappa shape index (κ1) is 14.1. The second-order valence-corrected chi connectivity index (χ2v) is 5.16. The Bertz CT molecular complexity index is 781. The number of benzene rings is 2. The van der Waals surface area contributed by atoms with Crippen molar-refractivity contribution in [2.45, 2.75) is 6.54 Å². The van der Waals surface area contributed by atoms with Crippen LogP contribution in [0.25, 0.3) is 10.8 Å². The van der Waals surface area contributed by atoms with E-state index in [4.69, 9.17) is 0 Å². The monoisotopic (exact) mass is 291 g/mol. The van der Waals surface area contributed by atoms with Crippen molar-refractivity contribution in [3.8, 4) is 0 Å². The molecular weight excluding hydrogens is 274 g/mol. The molecular formula is C18H17N3O. The summed E-state index contributed by atoms with van der Waals surface area (Å²) in [5.41, 5.74) is 1.87. The predicted molar refractivity (Wildman–Crippen MR) is 88.7 cm³/mol. The third kappa shape index (κ3) is 3.06. The summed E-state index contributed by atoms with van der Waals surface area (Å²) < 4.78 is 0. The van der Waals surface area contributed by atoms with Gasteiger partial charge in [0.25, 0.3) is 0 Å². The van der Waals surface area contributed by atoms with Gasteiger partial charge >= 0.3 is 6.03 Å². The quantitative estimate of drug-likeness (QED) is 0.795. The maximum atomic E-state index is 12.2. The molecule has 3 aromatic rings. The van der Waals surface area contributed by atoms with Gasteiger partial charge in [-0.05, 0) is 28.5 Å². The van der Waals surface area contributed by atoms with Crippen molar-refractivity contribution >= 4 is 22.5 Å². The van der Waals surface area contributed by atoms with Crippen LogP contribution >= 0.6 is 0 Å². The normalized spacial score (nSPS) is 10.4. The molecule has 0 aliphatic heterocycles. The van der Waals surface area contributed by atoms with Gasteiger partial charge in [-0.2, -0.15) is 0 Å². The van der Waals surface area contributed by atoms with Crippen molar-refractivity contribution < 1.29 is 4.79 Å². The van der Waals surface area contributed by atoms with Crippen LogP contribution in [0.4, 0.5) is 10.5 Å². The molecule has 1 aromatic heterocycles. The Morgan fingerprint density at radius 2 is 1.77 bits per heavy atom. The molecule has 0 fully saturated rings. The Hall–Kier alpha value is -2.88. The van der Waals surface area contributed by atoms with Crippen molar-refractivity contribution in [1.29, 1.82) is 0 Å². The lowest BCUT2D eigenvalue weighted by molar-refractivity contribution is 0.221. The number of fused-ring (bicyclic) bond motifs is 1. The predicted octanol–water partition coefficient (Wildman–Crippen LogP) is 3.90. The molecule has 22 heavy (non-hydrogen) atoms. The third-order valence-electron chi connectivity index (χ3n) is 3.57. The van der Waals surface area contributed by atoms with E-state index in [-0.39, 0.29) is 6.03 Å². The smallest absolute Gasteiger partial charge is 0.321 e. The molecule has 0 bridgehead atoms. The summed E-state index contributed by atoms with van der Waals surface area (Å²) in [4.78, 5) is 17.9. The van der Waals surface area contributed by atoms with Crippen LogP contribution in [0.5, 0.6) is 0 Å². The minimum Gasteiger partial charge on any atom is -0.323 e. The summed E-state index contributed by atoms with van der Waals surface area (Å²) in [6.07, 6.45) is 3.31. The van der Waals surface area contributed by atoms with E-state index in [2.05, 4.69) is 34.6 Å². The van der Waals surface area contributed by atoms with Crippen molar-refractivity contribution in [2.24, 2.45) is 0 Å². The highest BCUT2D eigenvalue weighted by atomic mass is 16.2. The van der Waals surface area contributed by atoms with Gasteiger partial charge in [-0.1, -0.05) is 42.5 Å². The number of nitrogens with zero attached hydrogens (tertiary/aromatic N) is 2. The molecule has 2 amide bonds. The number of rotatable bonds is 3. The van der Waals surface area contributed by atoms with Gasteiger partial charge in [0.15, 0.2) is 0 Å². The molecule has 0 saturated heterocycles. The number of aromatic nitrogens is 1. The van der Waals surface area contributed by atoms with Crippen LogP contribution in [0.1, 0.15) is 5.56 Å². The number of carbonyl (C=O) groups is 1. The average Bonchev–Trinajstić information content (AvgIpc) is 2.56. The van der Waals surface area contributed by atoms with E-state index >= 15 is 0 Å². The van der Waals surface area contributed by atoms with Crippen LogP contribution in [0, 0.1) is 0 Å². The molecule has 110 valence electrons. The lowest BCUT2D eigenvalue weighted by Crippen LogP contribution is -2.30. The molecule has 0 aliphatic carbocycles. The van der Waals surface area contributed by atoms with Gasteiger partial charge < -0.3 is 10.2 Å². The van der Waals surface area contributed by atoms with Crippen LogP contribution in [0.3, 0.4) is 0 Å². The topological polar surface area (TPSA) is 45.2 Å². The summed E-state index contributed by atoms with van der Waals surface area (Å²) in [5, 5.41) is 5.21. The Labute approximate surface area is 129 Å². The van der Waals surface area contributed by atoms with E-state index in [0.29, 0.717) is 6.54 Å². The second-order valence-electron chi connectivity index (χ2n) is 5.16. The lowest BCUT2D eigenvalue weighted by atomic mass is 10.0. The minimum atomic E-state index is -0.140. The Morgan fingerprint density at radius 1 is 1.05 bits per heavy atom. The molecule has 1 heterocycles. The summed E-state index contributed by atoms with van der Waals surface area (Å²) in [6.45, 7) is 0.554. The molecule has 0 saturated carbocycles. The number of pyridine rings is 1. The molecule has 0 aliphatic rings. The zero-order chi connectivity index (χ0) is 15.4. The number of hydrogen-bond acceptors (Lipinski definition) is 2. The van der Waals surface area contributed by atoms with Gasteiger partial charge in [0.05, 0.1) is 0 Å². The number of carbonyl (C=O) groups excluding carboxylic acids is 1. The maximum absolute atomic E-state index is 12.2. The molecule has 0 spiro atoms. The highest BCUT2D eigenvalue weighted by molar-refractivity contribution is 5.90. The standard InChI is InChI=1S/C18H17N3O/c1-21(18(22)20-16-9-11-19-12-10-16)13-15-7-4-6-14-5-2-3-8-17(14)15/h2-12H,13H2,1H3,(H,19,20,22). The van der Waals surface area contributed by atoms with Crippen molar-refractivity contribution in [3.63, 3.8) is 0 Å². The Morgan fingerprint density at radius 3 is 2.59 bits per heavy atom. The molecule has 0 unspecified atom stereocenters. The van der Waals surface area contributed by atoms with Crippen LogP contribution in [-0.4, -0.2) is 23.0 Å². The Kier molecular flexibility index (Phi) is 4.01. The maximum Gasteiger partial charge on any atom is 0.321 e. The zero-order valence-corrected chi connectivity index (χ0v) is 12.4. The summed E-state index contributed by atoms with van der Waals surface area (Å²) in [5.74, 6) is 0. The van der Waals surface area contributed by atoms with E-state index < -0.39 is 0 Å². The van der Waals surface area contributed by atoms with Gasteiger partial charge in [-0.3, -0.25) is 4.98 Å². The minimum absolute atomic E-state index is 0.140. The van der Waals surface area contributed by atoms with Crippen LogP contribution in [-0.2, 0) is 6.54 Å². The molecule has 0 atom stereocenters. The molecule has 1 N–H and O–H groups in total. The summed E-state index contributed by atoms with van der Waals surface area (Å²) in [6, 6.07) is 17.7. The number of amides is 2. The fourth-order valence-electron chi connectivity index (χ4n) is 2.41. The molecule has 3 rings (SSSR count). The third-order valence-corrected chi connectivity index (χ3v) is 3.57. The zero-order valence-electron chi connectivity index (χ0n) is 12.4.